The van der Waals surface area contributed by atoms with E-state index in [4.69, 9.17) is 27.7 Å². The number of benzene rings is 1. The number of nitrogens with zero attached hydrogens (tertiary/aromatic N) is 3. The molecule has 0 atom stereocenters. The quantitative estimate of drug-likeness (QED) is 0.666. The van der Waals surface area contributed by atoms with Crippen LogP contribution in [0.4, 0.5) is 5.69 Å². The molecule has 0 aliphatic heterocycles. The Hall–Kier alpha value is -1.60. The lowest BCUT2D eigenvalue weighted by atomic mass is 10.2. The Balaban J connectivity index is 1.82. The molecule has 1 aromatic carbocycles. The van der Waals surface area contributed by atoms with E-state index in [-0.39, 0.29) is 0 Å². The van der Waals surface area contributed by atoms with Crippen molar-refractivity contribution in [3.8, 4) is 22.2 Å². The Morgan fingerprint density at radius 1 is 1.21 bits per heavy atom. The maximum Gasteiger partial charge on any atom is 0.269 e. The molecule has 0 spiro atoms. The highest BCUT2D eigenvalue weighted by atomic mass is 35.5. The summed E-state index contributed by atoms with van der Waals surface area (Å²) in [6, 6.07) is 7.41. The van der Waals surface area contributed by atoms with Crippen LogP contribution in [-0.4, -0.2) is 42.2 Å². The standard InChI is InChI=1S/C16H16Cl2N4OS/c1-22(2)7-6-19-13-9-10(3-4-11(13)17)15-20-16(23-21-15)14-12(18)5-8-24-14/h3-5,8-9,19H,6-7H2,1-2H3. The van der Waals surface area contributed by atoms with Gasteiger partial charge in [-0.2, -0.15) is 4.98 Å². The number of hydrogen-bond acceptors (Lipinski definition) is 6. The molecule has 0 aliphatic carbocycles. The molecule has 126 valence electrons. The molecule has 0 bridgehead atoms. The molecule has 2 heterocycles. The van der Waals surface area contributed by atoms with Crippen molar-refractivity contribution in [3.63, 3.8) is 0 Å². The fourth-order valence-corrected chi connectivity index (χ4v) is 3.33. The van der Waals surface area contributed by atoms with Crippen LogP contribution in [0.25, 0.3) is 22.2 Å². The highest BCUT2D eigenvalue weighted by molar-refractivity contribution is 7.14. The molecule has 0 saturated carbocycles. The first-order valence-corrected chi connectivity index (χ1v) is 8.94. The number of likely N-dealkylation sites (N-methyl/N-ethyl adjacent to an activating group) is 1. The average Bonchev–Trinajstić information content (AvgIpc) is 3.17. The molecule has 1 N–H and O–H groups in total. The minimum absolute atomic E-state index is 0.419. The molecule has 2 aromatic heterocycles. The minimum Gasteiger partial charge on any atom is -0.383 e. The van der Waals surface area contributed by atoms with E-state index in [1.54, 1.807) is 6.07 Å². The summed E-state index contributed by atoms with van der Waals surface area (Å²) in [4.78, 5) is 7.30. The smallest absolute Gasteiger partial charge is 0.269 e. The van der Waals surface area contributed by atoms with Crippen LogP contribution in [0.15, 0.2) is 34.2 Å². The van der Waals surface area contributed by atoms with Gasteiger partial charge < -0.3 is 14.7 Å². The van der Waals surface area contributed by atoms with Crippen molar-refractivity contribution in [1.82, 2.24) is 15.0 Å². The minimum atomic E-state index is 0.419. The van der Waals surface area contributed by atoms with E-state index in [0.717, 1.165) is 29.2 Å². The third-order valence-corrected chi connectivity index (χ3v) is 5.00. The van der Waals surface area contributed by atoms with Gasteiger partial charge in [0.2, 0.25) is 5.82 Å². The number of rotatable bonds is 6. The molecule has 3 aromatic rings. The lowest BCUT2D eigenvalue weighted by molar-refractivity contribution is 0.425. The predicted molar refractivity (Wildman–Crippen MR) is 100 cm³/mol. The number of anilines is 1. The van der Waals surface area contributed by atoms with Gasteiger partial charge in [0.25, 0.3) is 5.89 Å². The van der Waals surface area contributed by atoms with Gasteiger partial charge in [0.15, 0.2) is 0 Å². The van der Waals surface area contributed by atoms with Crippen LogP contribution < -0.4 is 5.32 Å². The van der Waals surface area contributed by atoms with Gasteiger partial charge in [-0.3, -0.25) is 0 Å². The van der Waals surface area contributed by atoms with Crippen LogP contribution in [-0.2, 0) is 0 Å². The first-order chi connectivity index (χ1) is 11.5. The number of nitrogens with one attached hydrogen (secondary N) is 1. The van der Waals surface area contributed by atoms with E-state index >= 15 is 0 Å². The first kappa shape index (κ1) is 17.2. The summed E-state index contributed by atoms with van der Waals surface area (Å²) in [5, 5.41) is 10.5. The summed E-state index contributed by atoms with van der Waals surface area (Å²) in [5.41, 5.74) is 1.67. The molecule has 0 amide bonds. The zero-order valence-corrected chi connectivity index (χ0v) is 15.5. The molecule has 24 heavy (non-hydrogen) atoms. The Bertz CT molecular complexity index is 831. The van der Waals surface area contributed by atoms with Crippen LogP contribution in [0.2, 0.25) is 10.0 Å². The lowest BCUT2D eigenvalue weighted by Crippen LogP contribution is -2.20. The van der Waals surface area contributed by atoms with E-state index in [2.05, 4.69) is 20.4 Å². The fourth-order valence-electron chi connectivity index (χ4n) is 2.09. The first-order valence-electron chi connectivity index (χ1n) is 7.30. The highest BCUT2D eigenvalue weighted by Crippen LogP contribution is 2.34. The second-order valence-electron chi connectivity index (χ2n) is 5.45. The zero-order valence-electron chi connectivity index (χ0n) is 13.2. The molecule has 3 rings (SSSR count). The third-order valence-electron chi connectivity index (χ3n) is 3.34. The number of halogens is 2. The van der Waals surface area contributed by atoms with Gasteiger partial charge in [-0.05, 0) is 43.7 Å². The van der Waals surface area contributed by atoms with E-state index in [0.29, 0.717) is 21.8 Å². The average molecular weight is 383 g/mol. The van der Waals surface area contributed by atoms with E-state index < -0.39 is 0 Å². The van der Waals surface area contributed by atoms with Gasteiger partial charge in [-0.25, -0.2) is 0 Å². The lowest BCUT2D eigenvalue weighted by Gasteiger charge is -2.12. The second kappa shape index (κ2) is 7.53. The Labute approximate surface area is 154 Å². The maximum atomic E-state index is 6.25. The topological polar surface area (TPSA) is 54.2 Å². The van der Waals surface area contributed by atoms with Crippen molar-refractivity contribution in [2.24, 2.45) is 0 Å². The van der Waals surface area contributed by atoms with E-state index in [9.17, 15) is 0 Å². The Kier molecular flexibility index (Phi) is 5.40. The molecule has 0 aliphatic rings. The SMILES string of the molecule is CN(C)CCNc1cc(-c2noc(-c3sccc3Cl)n2)ccc1Cl. The van der Waals surface area contributed by atoms with Gasteiger partial charge in [0.1, 0.15) is 4.88 Å². The second-order valence-corrected chi connectivity index (χ2v) is 7.18. The van der Waals surface area contributed by atoms with Gasteiger partial charge in [-0.1, -0.05) is 28.4 Å². The Morgan fingerprint density at radius 3 is 2.75 bits per heavy atom. The number of aromatic nitrogens is 2. The van der Waals surface area contributed by atoms with E-state index in [1.165, 1.54) is 11.3 Å². The summed E-state index contributed by atoms with van der Waals surface area (Å²) in [6.07, 6.45) is 0. The maximum absolute atomic E-state index is 6.25. The van der Waals surface area contributed by atoms with Crippen molar-refractivity contribution in [2.75, 3.05) is 32.5 Å². The fraction of sp³-hybridized carbons (Fsp3) is 0.250. The molecular formula is C16H16Cl2N4OS. The van der Waals surface area contributed by atoms with Crippen LogP contribution in [0.3, 0.4) is 0 Å². The monoisotopic (exact) mass is 382 g/mol. The largest absolute Gasteiger partial charge is 0.383 e. The zero-order chi connectivity index (χ0) is 17.1. The third kappa shape index (κ3) is 3.89. The van der Waals surface area contributed by atoms with E-state index in [1.807, 2.05) is 37.7 Å². The van der Waals surface area contributed by atoms with Gasteiger partial charge >= 0.3 is 0 Å². The normalized spacial score (nSPS) is 11.2. The molecule has 0 unspecified atom stereocenters. The highest BCUT2D eigenvalue weighted by Gasteiger charge is 2.15. The summed E-state index contributed by atoms with van der Waals surface area (Å²) in [5.74, 6) is 0.920. The van der Waals surface area contributed by atoms with Crippen molar-refractivity contribution >= 4 is 40.2 Å². The summed E-state index contributed by atoms with van der Waals surface area (Å²) in [7, 11) is 4.05. The van der Waals surface area contributed by atoms with Gasteiger partial charge in [0.05, 0.1) is 15.7 Å². The Morgan fingerprint density at radius 2 is 2.04 bits per heavy atom. The summed E-state index contributed by atoms with van der Waals surface area (Å²) in [6.45, 7) is 1.70. The summed E-state index contributed by atoms with van der Waals surface area (Å²) < 4.78 is 5.33. The predicted octanol–water partition coefficient (Wildman–Crippen LogP) is 4.75. The number of hydrogen-bond donors (Lipinski definition) is 1. The van der Waals surface area contributed by atoms with Crippen molar-refractivity contribution in [3.05, 3.63) is 39.7 Å². The molecule has 0 saturated heterocycles. The molecular weight excluding hydrogens is 367 g/mol. The molecule has 0 radical (unpaired) electrons. The van der Waals surface area contributed by atoms with Crippen LogP contribution >= 0.6 is 34.5 Å². The molecule has 5 nitrogen and oxygen atoms in total. The van der Waals surface area contributed by atoms with Crippen molar-refractivity contribution in [1.29, 1.82) is 0 Å². The molecule has 0 fully saturated rings. The molecule has 8 heteroatoms. The van der Waals surface area contributed by atoms with Crippen LogP contribution in [0, 0.1) is 0 Å². The van der Waals surface area contributed by atoms with Crippen LogP contribution in [0.1, 0.15) is 0 Å². The van der Waals surface area contributed by atoms with Gasteiger partial charge in [0, 0.05) is 18.7 Å². The van der Waals surface area contributed by atoms with Gasteiger partial charge in [-0.15, -0.1) is 11.3 Å². The van der Waals surface area contributed by atoms with Crippen molar-refractivity contribution < 1.29 is 4.52 Å². The number of thiophene rings is 1. The van der Waals surface area contributed by atoms with Crippen LogP contribution in [0.5, 0.6) is 0 Å². The summed E-state index contributed by atoms with van der Waals surface area (Å²) >= 11 is 13.8. The van der Waals surface area contributed by atoms with Crippen molar-refractivity contribution in [2.45, 2.75) is 0 Å².